The smallest absolute Gasteiger partial charge is 0.303 e. The van der Waals surface area contributed by atoms with Gasteiger partial charge in [-0.15, -0.1) is 0 Å². The van der Waals surface area contributed by atoms with Crippen LogP contribution in [0, 0.1) is 11.8 Å². The van der Waals surface area contributed by atoms with Gasteiger partial charge in [0.05, 0.1) is 17.8 Å². The lowest BCUT2D eigenvalue weighted by molar-refractivity contribution is -0.137. The van der Waals surface area contributed by atoms with Crippen LogP contribution < -0.4 is 0 Å². The van der Waals surface area contributed by atoms with Crippen LogP contribution >= 0.6 is 11.4 Å². The third-order valence-electron chi connectivity index (χ3n) is 5.28. The summed E-state index contributed by atoms with van der Waals surface area (Å²) in [6.07, 6.45) is 9.54. The van der Waals surface area contributed by atoms with E-state index in [4.69, 9.17) is 5.11 Å². The van der Waals surface area contributed by atoms with Crippen LogP contribution in [0.2, 0.25) is 0 Å². The zero-order valence-electron chi connectivity index (χ0n) is 16.8. The second kappa shape index (κ2) is 12.7. The Bertz CT molecular complexity index is 489. The number of aliphatic hydroxyl groups is 3. The Kier molecular flexibility index (Phi) is 11.5. The molecule has 0 unspecified atom stereocenters. The molecule has 0 bridgehead atoms. The zero-order chi connectivity index (χ0) is 20.3. The summed E-state index contributed by atoms with van der Waals surface area (Å²) in [5.74, 6) is -0.227. The van der Waals surface area contributed by atoms with E-state index in [2.05, 4.69) is 12.3 Å². The number of unbranched alkanes of at least 4 members (excludes halogenated alkanes) is 3. The Morgan fingerprint density at radius 2 is 1.93 bits per heavy atom. The topological polar surface area (TPSA) is 98.0 Å². The van der Waals surface area contributed by atoms with E-state index >= 15 is 0 Å². The largest absolute Gasteiger partial charge is 0.481 e. The molecule has 1 aliphatic rings. The van der Waals surface area contributed by atoms with Gasteiger partial charge in [0, 0.05) is 24.5 Å². The highest BCUT2D eigenvalue weighted by Crippen LogP contribution is 2.35. The monoisotopic (exact) mass is 402 g/mol. The predicted molar refractivity (Wildman–Crippen MR) is 114 cm³/mol. The van der Waals surface area contributed by atoms with Crippen LogP contribution in [0.15, 0.2) is 12.2 Å². The number of carbonyl (C=O) groups is 1. The summed E-state index contributed by atoms with van der Waals surface area (Å²) in [6.45, 7) is 4.02. The average molecular weight is 403 g/mol. The molecule has 0 aromatic heterocycles. The normalized spacial score (nSPS) is 28.5. The van der Waals surface area contributed by atoms with E-state index in [9.17, 15) is 20.1 Å². The van der Waals surface area contributed by atoms with Crippen LogP contribution in [-0.2, 0) is 4.79 Å². The summed E-state index contributed by atoms with van der Waals surface area (Å²) in [5.41, 5.74) is -0.686. The second-order valence-corrected chi connectivity index (χ2v) is 9.03. The van der Waals surface area contributed by atoms with Crippen LogP contribution in [0.4, 0.5) is 0 Å². The molecule has 1 aliphatic carbocycles. The molecule has 0 amide bonds. The van der Waals surface area contributed by atoms with Crippen molar-refractivity contribution >= 4 is 22.7 Å². The molecular weight excluding hydrogens is 364 g/mol. The van der Waals surface area contributed by atoms with Crippen LogP contribution in [0.3, 0.4) is 0 Å². The van der Waals surface area contributed by atoms with Crippen molar-refractivity contribution in [3.8, 4) is 0 Å². The summed E-state index contributed by atoms with van der Waals surface area (Å²) in [5, 5.41) is 41.7. The average Bonchev–Trinajstić information content (AvgIpc) is 2.84. The highest BCUT2D eigenvalue weighted by atomic mass is 32.1. The summed E-state index contributed by atoms with van der Waals surface area (Å²) in [7, 11) is 0. The maximum Gasteiger partial charge on any atom is 0.303 e. The van der Waals surface area contributed by atoms with Crippen LogP contribution in [0.1, 0.15) is 71.6 Å². The molecule has 0 aromatic rings. The fraction of sp³-hybridized carbons (Fsp3) is 0.810. The van der Waals surface area contributed by atoms with Gasteiger partial charge in [0.15, 0.2) is 0 Å². The molecule has 0 aromatic carbocycles. The minimum absolute atomic E-state index is 0.0201. The third-order valence-corrected chi connectivity index (χ3v) is 6.70. The van der Waals surface area contributed by atoms with Gasteiger partial charge < -0.3 is 20.4 Å². The van der Waals surface area contributed by atoms with Crippen molar-refractivity contribution < 1.29 is 25.2 Å². The van der Waals surface area contributed by atoms with Crippen molar-refractivity contribution in [2.45, 2.75) is 89.4 Å². The number of hydrogen-bond donors (Lipinski definition) is 5. The number of aliphatic carboxylic acids is 1. The van der Waals surface area contributed by atoms with Gasteiger partial charge in [-0.05, 0) is 38.5 Å². The molecule has 4 N–H and O–H groups in total. The van der Waals surface area contributed by atoms with Crippen LogP contribution in [0.25, 0.3) is 0 Å². The first kappa shape index (κ1) is 24.3. The van der Waals surface area contributed by atoms with Gasteiger partial charge in [-0.3, -0.25) is 4.79 Å². The highest BCUT2D eigenvalue weighted by molar-refractivity contribution is 7.97. The van der Waals surface area contributed by atoms with E-state index in [0.717, 1.165) is 37.0 Å². The lowest BCUT2D eigenvalue weighted by atomic mass is 9.92. The predicted octanol–water partition coefficient (Wildman–Crippen LogP) is 3.14. The number of hydrogen-bond acceptors (Lipinski definition) is 4. The SMILES string of the molecule is CCCCC[C@](C)(O)C/[SH]=C/[C@@H]1[C@@H](C/C=C\CCCC(=O)O)[C@@H](O)C[C@H]1O. The van der Waals surface area contributed by atoms with E-state index in [0.29, 0.717) is 31.4 Å². The Morgan fingerprint density at radius 3 is 2.59 bits per heavy atom. The molecule has 6 heteroatoms. The molecule has 27 heavy (non-hydrogen) atoms. The number of allylic oxidation sites excluding steroid dienone is 2. The number of rotatable bonds is 13. The van der Waals surface area contributed by atoms with Gasteiger partial charge in [0.2, 0.25) is 0 Å². The molecule has 0 heterocycles. The Balaban J connectivity index is 2.50. The van der Waals surface area contributed by atoms with E-state index in [1.54, 1.807) is 0 Å². The summed E-state index contributed by atoms with van der Waals surface area (Å²) < 4.78 is 0. The van der Waals surface area contributed by atoms with Crippen molar-refractivity contribution in [1.82, 2.24) is 0 Å². The quantitative estimate of drug-likeness (QED) is 0.141. The van der Waals surface area contributed by atoms with E-state index < -0.39 is 23.8 Å². The summed E-state index contributed by atoms with van der Waals surface area (Å²) in [6, 6.07) is 0. The Hall–Kier alpha value is -0.690. The van der Waals surface area contributed by atoms with Gasteiger partial charge in [-0.2, -0.15) is 0 Å². The molecule has 1 saturated carbocycles. The second-order valence-electron chi connectivity index (χ2n) is 8.05. The fourth-order valence-corrected chi connectivity index (χ4v) is 4.91. The number of thiol groups is 1. The van der Waals surface area contributed by atoms with Crippen LogP contribution in [-0.4, -0.2) is 55.3 Å². The first-order valence-corrected chi connectivity index (χ1v) is 11.4. The molecule has 1 fully saturated rings. The molecule has 5 atom stereocenters. The minimum Gasteiger partial charge on any atom is -0.481 e. The van der Waals surface area contributed by atoms with Gasteiger partial charge in [0.25, 0.3) is 0 Å². The maximum absolute atomic E-state index is 10.5. The summed E-state index contributed by atoms with van der Waals surface area (Å²) >= 11 is 0.999. The first-order chi connectivity index (χ1) is 12.8. The zero-order valence-corrected chi connectivity index (χ0v) is 17.7. The van der Waals surface area contributed by atoms with Crippen molar-refractivity contribution in [3.63, 3.8) is 0 Å². The summed E-state index contributed by atoms with van der Waals surface area (Å²) in [4.78, 5) is 10.5. The van der Waals surface area contributed by atoms with Crippen molar-refractivity contribution in [3.05, 3.63) is 12.2 Å². The Labute approximate surface area is 167 Å². The molecule has 0 spiro atoms. The van der Waals surface area contributed by atoms with Gasteiger partial charge in [0.1, 0.15) is 0 Å². The van der Waals surface area contributed by atoms with Crippen molar-refractivity contribution in [2.24, 2.45) is 11.8 Å². The minimum atomic E-state index is -0.781. The molecule has 158 valence electrons. The molecule has 0 aliphatic heterocycles. The van der Waals surface area contributed by atoms with Crippen molar-refractivity contribution in [1.29, 1.82) is 0 Å². The standard InChI is InChI=1S/C21H38O5S/c1-3-4-9-12-21(2,26)15-27-14-17-16(18(22)13-19(17)23)10-7-5-6-8-11-20(24)25/h5,7,14,16-19,22-23,26-27H,3-4,6,8-13,15H2,1-2H3,(H,24,25)/b7-5-/t16-,17-,18+,19-,21+/m1/s1. The lowest BCUT2D eigenvalue weighted by Gasteiger charge is -2.23. The molecule has 0 radical (unpaired) electrons. The van der Waals surface area contributed by atoms with Gasteiger partial charge in [-0.1, -0.05) is 43.7 Å². The van der Waals surface area contributed by atoms with Crippen molar-refractivity contribution in [2.75, 3.05) is 5.75 Å². The van der Waals surface area contributed by atoms with E-state index in [1.165, 1.54) is 0 Å². The highest BCUT2D eigenvalue weighted by Gasteiger charge is 2.39. The number of carboxylic acids is 1. The number of aliphatic hydroxyl groups excluding tert-OH is 2. The van der Waals surface area contributed by atoms with Crippen LogP contribution in [0.5, 0.6) is 0 Å². The lowest BCUT2D eigenvalue weighted by Crippen LogP contribution is -2.27. The third kappa shape index (κ3) is 9.88. The maximum atomic E-state index is 10.5. The molecular formula is C21H38O5S. The molecule has 0 saturated heterocycles. The van der Waals surface area contributed by atoms with E-state index in [1.807, 2.05) is 19.1 Å². The Morgan fingerprint density at radius 1 is 1.19 bits per heavy atom. The van der Waals surface area contributed by atoms with Gasteiger partial charge in [-0.25, -0.2) is 11.4 Å². The van der Waals surface area contributed by atoms with E-state index in [-0.39, 0.29) is 18.3 Å². The molecule has 5 nitrogen and oxygen atoms in total. The number of carboxylic acid groups (broad SMARTS) is 1. The first-order valence-electron chi connectivity index (χ1n) is 10.2. The van der Waals surface area contributed by atoms with Gasteiger partial charge >= 0.3 is 5.97 Å². The molecule has 1 rings (SSSR count). The fourth-order valence-electron chi connectivity index (χ4n) is 3.59.